The summed E-state index contributed by atoms with van der Waals surface area (Å²) in [5, 5.41) is 2.73. The molecular formula is C18H25BrFNO5. The van der Waals surface area contributed by atoms with Gasteiger partial charge in [-0.1, -0.05) is 0 Å². The average Bonchev–Trinajstić information content (AvgIpc) is 2.51. The normalized spacial score (nSPS) is 12.3. The SMILES string of the molecule is COC(=O)c1cc(Br)c(F)cc1OCCCC(C)NC(=O)OC(C)(C)C. The van der Waals surface area contributed by atoms with Gasteiger partial charge in [-0.2, -0.15) is 0 Å². The quantitative estimate of drug-likeness (QED) is 0.507. The van der Waals surface area contributed by atoms with Gasteiger partial charge in [-0.15, -0.1) is 0 Å². The van der Waals surface area contributed by atoms with E-state index < -0.39 is 23.5 Å². The Morgan fingerprint density at radius 1 is 1.31 bits per heavy atom. The smallest absolute Gasteiger partial charge is 0.407 e. The number of hydrogen-bond acceptors (Lipinski definition) is 5. The minimum atomic E-state index is -0.610. The van der Waals surface area contributed by atoms with Gasteiger partial charge in [0.1, 0.15) is 22.7 Å². The molecule has 26 heavy (non-hydrogen) atoms. The van der Waals surface area contributed by atoms with Gasteiger partial charge >= 0.3 is 12.1 Å². The van der Waals surface area contributed by atoms with Crippen LogP contribution in [-0.2, 0) is 9.47 Å². The highest BCUT2D eigenvalue weighted by molar-refractivity contribution is 9.10. The molecule has 0 heterocycles. The van der Waals surface area contributed by atoms with Crippen molar-refractivity contribution in [2.45, 2.75) is 52.2 Å². The Kier molecular flexibility index (Phi) is 8.33. The standard InChI is InChI=1S/C18H25BrFNO5/c1-11(21-17(23)26-18(2,3)4)7-6-8-25-15-10-14(20)13(19)9-12(15)16(22)24-5/h9-11H,6-8H2,1-5H3,(H,21,23). The van der Waals surface area contributed by atoms with Gasteiger partial charge in [-0.25, -0.2) is 14.0 Å². The summed E-state index contributed by atoms with van der Waals surface area (Å²) < 4.78 is 29.2. The second kappa shape index (κ2) is 9.75. The maximum Gasteiger partial charge on any atom is 0.407 e. The van der Waals surface area contributed by atoms with Gasteiger partial charge in [0.15, 0.2) is 0 Å². The Balaban J connectivity index is 2.52. The van der Waals surface area contributed by atoms with Crippen LogP contribution in [0.3, 0.4) is 0 Å². The summed E-state index contributed by atoms with van der Waals surface area (Å²) in [6, 6.07) is 2.34. The number of amides is 1. The van der Waals surface area contributed by atoms with E-state index in [1.165, 1.54) is 13.2 Å². The summed E-state index contributed by atoms with van der Waals surface area (Å²) in [6.07, 6.45) is 0.745. The number of carbonyl (C=O) groups is 2. The summed E-state index contributed by atoms with van der Waals surface area (Å²) in [7, 11) is 1.24. The van der Waals surface area contributed by atoms with Crippen LogP contribution < -0.4 is 10.1 Å². The predicted octanol–water partition coefficient (Wildman–Crippen LogP) is 4.45. The van der Waals surface area contributed by atoms with Crippen molar-refractivity contribution in [1.82, 2.24) is 5.32 Å². The number of ether oxygens (including phenoxy) is 3. The zero-order chi connectivity index (χ0) is 19.9. The van der Waals surface area contributed by atoms with Crippen LogP contribution in [0.15, 0.2) is 16.6 Å². The molecule has 146 valence electrons. The number of hydrogen-bond donors (Lipinski definition) is 1. The third-order valence-electron chi connectivity index (χ3n) is 3.23. The van der Waals surface area contributed by atoms with Crippen LogP contribution in [0.5, 0.6) is 5.75 Å². The average molecular weight is 434 g/mol. The van der Waals surface area contributed by atoms with Crippen molar-refractivity contribution in [3.05, 3.63) is 28.0 Å². The number of alkyl carbamates (subject to hydrolysis) is 1. The van der Waals surface area contributed by atoms with Gasteiger partial charge in [-0.05, 0) is 62.5 Å². The maximum absolute atomic E-state index is 13.7. The van der Waals surface area contributed by atoms with E-state index in [4.69, 9.17) is 9.47 Å². The van der Waals surface area contributed by atoms with Gasteiger partial charge in [0.2, 0.25) is 0 Å². The van der Waals surface area contributed by atoms with Gasteiger partial charge in [0, 0.05) is 12.1 Å². The van der Waals surface area contributed by atoms with Crippen LogP contribution in [0.2, 0.25) is 0 Å². The lowest BCUT2D eigenvalue weighted by Crippen LogP contribution is -2.37. The van der Waals surface area contributed by atoms with Gasteiger partial charge in [0.05, 0.1) is 18.2 Å². The topological polar surface area (TPSA) is 73.9 Å². The van der Waals surface area contributed by atoms with Gasteiger partial charge < -0.3 is 19.5 Å². The van der Waals surface area contributed by atoms with Crippen molar-refractivity contribution < 1.29 is 28.2 Å². The molecule has 8 heteroatoms. The molecule has 1 amide bonds. The number of methoxy groups -OCH3 is 1. The molecule has 1 rings (SSSR count). The molecule has 0 spiro atoms. The molecular weight excluding hydrogens is 409 g/mol. The van der Waals surface area contributed by atoms with E-state index in [0.29, 0.717) is 12.8 Å². The Hall–Kier alpha value is -1.83. The van der Waals surface area contributed by atoms with E-state index in [0.717, 1.165) is 6.07 Å². The lowest BCUT2D eigenvalue weighted by Gasteiger charge is -2.22. The highest BCUT2D eigenvalue weighted by atomic mass is 79.9. The monoisotopic (exact) mass is 433 g/mol. The Morgan fingerprint density at radius 2 is 1.96 bits per heavy atom. The number of carbonyl (C=O) groups excluding carboxylic acids is 2. The largest absolute Gasteiger partial charge is 0.493 e. The number of rotatable bonds is 7. The minimum Gasteiger partial charge on any atom is -0.493 e. The molecule has 0 bridgehead atoms. The molecule has 0 saturated heterocycles. The molecule has 0 aliphatic carbocycles. The number of halogens is 2. The molecule has 1 aromatic carbocycles. The fourth-order valence-electron chi connectivity index (χ4n) is 2.07. The fourth-order valence-corrected chi connectivity index (χ4v) is 2.41. The second-order valence-corrected chi connectivity index (χ2v) is 7.65. The Morgan fingerprint density at radius 3 is 2.54 bits per heavy atom. The molecule has 6 nitrogen and oxygen atoms in total. The molecule has 1 aromatic rings. The van der Waals surface area contributed by atoms with Crippen LogP contribution in [0.1, 0.15) is 50.9 Å². The number of benzene rings is 1. The molecule has 0 aliphatic rings. The van der Waals surface area contributed by atoms with Crippen molar-refractivity contribution in [2.75, 3.05) is 13.7 Å². The zero-order valence-electron chi connectivity index (χ0n) is 15.7. The summed E-state index contributed by atoms with van der Waals surface area (Å²) in [6.45, 7) is 7.48. The van der Waals surface area contributed by atoms with E-state index in [2.05, 4.69) is 26.0 Å². The van der Waals surface area contributed by atoms with Crippen molar-refractivity contribution in [1.29, 1.82) is 0 Å². The first-order valence-electron chi connectivity index (χ1n) is 8.23. The zero-order valence-corrected chi connectivity index (χ0v) is 17.2. The first kappa shape index (κ1) is 22.2. The highest BCUT2D eigenvalue weighted by Gasteiger charge is 2.18. The van der Waals surface area contributed by atoms with E-state index in [1.54, 1.807) is 20.8 Å². The molecule has 0 saturated carbocycles. The third-order valence-corrected chi connectivity index (χ3v) is 3.84. The van der Waals surface area contributed by atoms with Crippen LogP contribution in [0.4, 0.5) is 9.18 Å². The maximum atomic E-state index is 13.7. The molecule has 0 aliphatic heterocycles. The van der Waals surface area contributed by atoms with E-state index in [1.807, 2.05) is 6.92 Å². The third kappa shape index (κ3) is 7.59. The van der Waals surface area contributed by atoms with E-state index in [-0.39, 0.29) is 28.4 Å². The lowest BCUT2D eigenvalue weighted by molar-refractivity contribution is 0.0503. The highest BCUT2D eigenvalue weighted by Crippen LogP contribution is 2.27. The fraction of sp³-hybridized carbons (Fsp3) is 0.556. The second-order valence-electron chi connectivity index (χ2n) is 6.79. The van der Waals surface area contributed by atoms with Crippen molar-refractivity contribution >= 4 is 28.0 Å². The number of nitrogens with one attached hydrogen (secondary N) is 1. The minimum absolute atomic E-state index is 0.116. The molecule has 1 N–H and O–H groups in total. The Labute approximate surface area is 161 Å². The van der Waals surface area contributed by atoms with Crippen molar-refractivity contribution in [3.8, 4) is 5.75 Å². The summed E-state index contributed by atoms with van der Waals surface area (Å²) in [5.74, 6) is -1.03. The first-order chi connectivity index (χ1) is 12.0. The van der Waals surface area contributed by atoms with E-state index >= 15 is 0 Å². The first-order valence-corrected chi connectivity index (χ1v) is 9.02. The summed E-state index contributed by atoms with van der Waals surface area (Å²) >= 11 is 3.03. The molecule has 0 aromatic heterocycles. The van der Waals surface area contributed by atoms with Crippen LogP contribution in [0.25, 0.3) is 0 Å². The molecule has 0 radical (unpaired) electrons. The summed E-state index contributed by atoms with van der Waals surface area (Å²) in [5.41, 5.74) is -0.413. The van der Waals surface area contributed by atoms with Crippen molar-refractivity contribution in [2.24, 2.45) is 0 Å². The van der Waals surface area contributed by atoms with Gasteiger partial charge in [0.25, 0.3) is 0 Å². The van der Waals surface area contributed by atoms with Gasteiger partial charge in [-0.3, -0.25) is 0 Å². The number of esters is 1. The van der Waals surface area contributed by atoms with Crippen molar-refractivity contribution in [3.63, 3.8) is 0 Å². The van der Waals surface area contributed by atoms with Crippen LogP contribution >= 0.6 is 15.9 Å². The lowest BCUT2D eigenvalue weighted by atomic mass is 10.2. The molecule has 0 fully saturated rings. The molecule has 1 unspecified atom stereocenters. The summed E-state index contributed by atoms with van der Waals surface area (Å²) in [4.78, 5) is 23.5. The predicted molar refractivity (Wildman–Crippen MR) is 99.0 cm³/mol. The van der Waals surface area contributed by atoms with Crippen LogP contribution in [0, 0.1) is 5.82 Å². The molecule has 1 atom stereocenters. The Bertz CT molecular complexity index is 645. The van der Waals surface area contributed by atoms with Crippen LogP contribution in [-0.4, -0.2) is 37.4 Å². The van der Waals surface area contributed by atoms with E-state index in [9.17, 15) is 14.0 Å².